The fourth-order valence-corrected chi connectivity index (χ4v) is 9.12. The summed E-state index contributed by atoms with van der Waals surface area (Å²) in [6, 6.07) is -2.41. The minimum atomic E-state index is -1.37. The first kappa shape index (κ1) is 63.2. The molecule has 1 aromatic carbocycles. The molecule has 3 rings (SSSR count). The third-order valence-corrected chi connectivity index (χ3v) is 13.8. The molecule has 21 heteroatoms. The van der Waals surface area contributed by atoms with E-state index in [2.05, 4.69) is 48.8 Å². The molecule has 1 saturated heterocycles. The number of rotatable bonds is 36. The van der Waals surface area contributed by atoms with Crippen LogP contribution in [-0.4, -0.2) is 134 Å². The van der Waals surface area contributed by atoms with Crippen LogP contribution in [0.2, 0.25) is 0 Å². The van der Waals surface area contributed by atoms with Crippen molar-refractivity contribution in [1.29, 1.82) is 0 Å². The standard InChI is InChI=1S/C54H89N11O10/c1-7-9-10-11-12-13-14-15-16-22-45(68)63-47(36(6)66)54(75)65-28-19-21-44(65)52(73)64-46(35(5)8-2)53(74)62-42(30-37-23-25-39(67)26-24-37)50(71)61-43(31-38-32-57-33-58-38)51(72)59-40(20-17-18-27-55)49(70)60-41(48(56)69)29-34(3)4/h23-26,32-36,40-44,46-47,66-67H,7-22,27-31,55H2,1-6H3,(H2,56,69)(H,57,58)(H,59,72)(H,60,70)(H,61,71)(H,62,74)(H,63,68)(H,64,73)/t35?,36-,40+,41+,42+,43+,44+,46+,47+/m1/s1. The van der Waals surface area contributed by atoms with Crippen LogP contribution in [0.5, 0.6) is 5.75 Å². The highest BCUT2D eigenvalue weighted by molar-refractivity contribution is 5.98. The SMILES string of the molecule is CCCCCCCCCCCC(=O)N[C@H](C(=O)N1CCC[C@H]1C(=O)N[C@H](C(=O)N[C@@H](Cc1ccc(O)cc1)C(=O)N[C@@H](Cc1cnc[nH]1)C(=O)N[C@@H](CCCCN)C(=O)N[C@@H](CC(C)C)C(N)=O)C(C)CC)[C@@H](C)O. The number of nitrogens with two attached hydrogens (primary N) is 2. The van der Waals surface area contributed by atoms with Gasteiger partial charge in [-0.25, -0.2) is 4.98 Å². The minimum Gasteiger partial charge on any atom is -0.508 e. The summed E-state index contributed by atoms with van der Waals surface area (Å²) in [6.45, 7) is 11.4. The number of primary amides is 1. The summed E-state index contributed by atoms with van der Waals surface area (Å²) in [5.74, 6) is -5.78. The molecule has 8 amide bonds. The van der Waals surface area contributed by atoms with E-state index < -0.39 is 95.7 Å². The highest BCUT2D eigenvalue weighted by Crippen LogP contribution is 2.22. The zero-order valence-electron chi connectivity index (χ0n) is 45.3. The number of unbranched alkanes of at least 4 members (excludes halogenated alkanes) is 9. The maximum Gasteiger partial charge on any atom is 0.248 e. The molecule has 2 heterocycles. The van der Waals surface area contributed by atoms with E-state index >= 15 is 0 Å². The number of aromatic amines is 1. The van der Waals surface area contributed by atoms with Gasteiger partial charge >= 0.3 is 0 Å². The third-order valence-electron chi connectivity index (χ3n) is 13.8. The average molecular weight is 1050 g/mol. The molecular formula is C54H89N11O10. The van der Waals surface area contributed by atoms with Crippen molar-refractivity contribution >= 4 is 47.3 Å². The second kappa shape index (κ2) is 33.8. The van der Waals surface area contributed by atoms with Crippen molar-refractivity contribution in [1.82, 2.24) is 46.8 Å². The number of aromatic hydroxyl groups is 1. The molecule has 1 aliphatic heterocycles. The van der Waals surface area contributed by atoms with Crippen LogP contribution in [0.4, 0.5) is 0 Å². The van der Waals surface area contributed by atoms with Gasteiger partial charge in [-0.15, -0.1) is 0 Å². The Morgan fingerprint density at radius 1 is 0.720 bits per heavy atom. The van der Waals surface area contributed by atoms with E-state index in [4.69, 9.17) is 11.5 Å². The lowest BCUT2D eigenvalue weighted by Crippen LogP contribution is -2.61. The van der Waals surface area contributed by atoms with Crippen molar-refractivity contribution in [3.63, 3.8) is 0 Å². The number of nitrogens with one attached hydrogen (secondary N) is 7. The lowest BCUT2D eigenvalue weighted by Gasteiger charge is -2.32. The lowest BCUT2D eigenvalue weighted by atomic mass is 9.96. The van der Waals surface area contributed by atoms with E-state index in [1.807, 2.05) is 20.8 Å². The maximum absolute atomic E-state index is 14.6. The van der Waals surface area contributed by atoms with E-state index in [-0.39, 0.29) is 62.6 Å². The monoisotopic (exact) mass is 1050 g/mol. The lowest BCUT2D eigenvalue weighted by molar-refractivity contribution is -0.144. The molecule has 0 radical (unpaired) electrons. The second-order valence-electron chi connectivity index (χ2n) is 20.6. The first-order valence-electron chi connectivity index (χ1n) is 27.3. The summed E-state index contributed by atoms with van der Waals surface area (Å²) >= 11 is 0. The molecule has 21 nitrogen and oxygen atoms in total. The minimum absolute atomic E-state index is 0.0112. The topological polar surface area (TPSA) is 333 Å². The number of carbonyl (C=O) groups excluding carboxylic acids is 8. The van der Waals surface area contributed by atoms with E-state index in [9.17, 15) is 48.6 Å². The first-order chi connectivity index (χ1) is 35.8. The number of H-pyrrole nitrogens is 1. The Morgan fingerprint density at radius 2 is 1.31 bits per heavy atom. The van der Waals surface area contributed by atoms with Gasteiger partial charge in [-0.3, -0.25) is 38.4 Å². The Labute approximate surface area is 443 Å². The van der Waals surface area contributed by atoms with Crippen LogP contribution in [0.1, 0.15) is 162 Å². The number of benzene rings is 1. The summed E-state index contributed by atoms with van der Waals surface area (Å²) in [5, 5.41) is 37.3. The third kappa shape index (κ3) is 22.3. The second-order valence-corrected chi connectivity index (χ2v) is 20.6. The van der Waals surface area contributed by atoms with E-state index in [0.717, 1.165) is 25.7 Å². The number of nitrogens with zero attached hydrogens (tertiary/aromatic N) is 2. The molecule has 2 aromatic rings. The Bertz CT molecular complexity index is 2090. The fourth-order valence-electron chi connectivity index (χ4n) is 9.12. The van der Waals surface area contributed by atoms with Crippen molar-refractivity contribution in [2.45, 2.75) is 212 Å². The number of likely N-dealkylation sites (tertiary alicyclic amines) is 1. The van der Waals surface area contributed by atoms with Crippen molar-refractivity contribution in [3.8, 4) is 5.75 Å². The van der Waals surface area contributed by atoms with Crippen molar-refractivity contribution < 1.29 is 48.6 Å². The van der Waals surface area contributed by atoms with E-state index in [1.54, 1.807) is 19.1 Å². The van der Waals surface area contributed by atoms with E-state index in [1.165, 1.54) is 62.2 Å². The molecule has 9 atom stereocenters. The predicted octanol–water partition coefficient (Wildman–Crippen LogP) is 2.81. The number of aromatic nitrogens is 2. The molecule has 13 N–H and O–H groups in total. The van der Waals surface area contributed by atoms with Gasteiger partial charge in [-0.05, 0) is 87.9 Å². The first-order valence-corrected chi connectivity index (χ1v) is 27.3. The molecule has 1 fully saturated rings. The van der Waals surface area contributed by atoms with Gasteiger partial charge in [0.05, 0.1) is 12.4 Å². The number of phenolic OH excluding ortho intramolecular Hbond substituents is 1. The van der Waals surface area contributed by atoms with Crippen molar-refractivity contribution in [2.75, 3.05) is 13.1 Å². The maximum atomic E-state index is 14.6. The number of carbonyl (C=O) groups is 8. The molecule has 0 aliphatic carbocycles. The zero-order valence-corrected chi connectivity index (χ0v) is 45.3. The normalized spacial score (nSPS) is 16.6. The summed E-state index contributed by atoms with van der Waals surface area (Å²) in [7, 11) is 0. The van der Waals surface area contributed by atoms with Gasteiger partial charge in [0.1, 0.15) is 48.0 Å². The average Bonchev–Trinajstić information content (AvgIpc) is 4.09. The van der Waals surface area contributed by atoms with Crippen LogP contribution in [0.25, 0.3) is 0 Å². The number of phenols is 1. The highest BCUT2D eigenvalue weighted by atomic mass is 16.3. The van der Waals surface area contributed by atoms with Gasteiger partial charge in [0, 0.05) is 37.7 Å². The van der Waals surface area contributed by atoms with Crippen LogP contribution >= 0.6 is 0 Å². The quantitative estimate of drug-likeness (QED) is 0.0439. The molecule has 0 spiro atoms. The van der Waals surface area contributed by atoms with E-state index in [0.29, 0.717) is 49.9 Å². The Kier molecular flexibility index (Phi) is 28.4. The van der Waals surface area contributed by atoms with Gasteiger partial charge in [-0.1, -0.05) is 105 Å². The molecule has 1 aliphatic rings. The molecule has 1 aromatic heterocycles. The zero-order chi connectivity index (χ0) is 55.5. The molecule has 0 bridgehead atoms. The Balaban J connectivity index is 1.84. The van der Waals surface area contributed by atoms with Crippen LogP contribution < -0.4 is 43.4 Å². The summed E-state index contributed by atoms with van der Waals surface area (Å²) < 4.78 is 0. The molecule has 1 unspecified atom stereocenters. The summed E-state index contributed by atoms with van der Waals surface area (Å²) in [4.78, 5) is 119. The van der Waals surface area contributed by atoms with Gasteiger partial charge in [0.2, 0.25) is 47.3 Å². The predicted molar refractivity (Wildman–Crippen MR) is 285 cm³/mol. The van der Waals surface area contributed by atoms with Gasteiger partial charge < -0.3 is 63.5 Å². The summed E-state index contributed by atoms with van der Waals surface area (Å²) in [6.07, 6.45) is 13.8. The highest BCUT2D eigenvalue weighted by Gasteiger charge is 2.41. The number of aliphatic hydroxyl groups is 1. The molecule has 420 valence electrons. The number of hydrogen-bond acceptors (Lipinski definition) is 12. The molecule has 0 saturated carbocycles. The number of amides is 8. The number of imidazole rings is 1. The summed E-state index contributed by atoms with van der Waals surface area (Å²) in [5.41, 5.74) is 12.4. The molecular weight excluding hydrogens is 963 g/mol. The largest absolute Gasteiger partial charge is 0.508 e. The van der Waals surface area contributed by atoms with Gasteiger partial charge in [0.25, 0.3) is 0 Å². The Hall–Kier alpha value is -6.09. The fraction of sp³-hybridized carbons (Fsp3) is 0.685. The van der Waals surface area contributed by atoms with Crippen LogP contribution in [0, 0.1) is 11.8 Å². The van der Waals surface area contributed by atoms with Gasteiger partial charge in [0.15, 0.2) is 0 Å². The van der Waals surface area contributed by atoms with Crippen LogP contribution in [-0.2, 0) is 51.2 Å². The number of hydrogen-bond donors (Lipinski definition) is 11. The van der Waals surface area contributed by atoms with Crippen molar-refractivity contribution in [2.24, 2.45) is 23.3 Å². The Morgan fingerprint density at radius 3 is 1.88 bits per heavy atom. The van der Waals surface area contributed by atoms with Crippen LogP contribution in [0.3, 0.4) is 0 Å². The van der Waals surface area contributed by atoms with Crippen LogP contribution in [0.15, 0.2) is 36.8 Å². The smallest absolute Gasteiger partial charge is 0.248 e. The number of aliphatic hydroxyl groups excluding tert-OH is 1. The van der Waals surface area contributed by atoms with Gasteiger partial charge in [-0.2, -0.15) is 0 Å². The molecule has 75 heavy (non-hydrogen) atoms. The van der Waals surface area contributed by atoms with Crippen molar-refractivity contribution in [3.05, 3.63) is 48.0 Å².